The van der Waals surface area contributed by atoms with Crippen LogP contribution in [0.4, 0.5) is 24.7 Å². The Morgan fingerprint density at radius 2 is 1.97 bits per heavy atom. The summed E-state index contributed by atoms with van der Waals surface area (Å²) in [7, 11) is 0. The van der Waals surface area contributed by atoms with E-state index in [1.807, 2.05) is 0 Å². The number of carbonyl (C=O) groups excluding carboxylic acids is 1. The molecule has 2 fully saturated rings. The van der Waals surface area contributed by atoms with Crippen molar-refractivity contribution in [1.82, 2.24) is 14.7 Å². The third-order valence-electron chi connectivity index (χ3n) is 6.05. The molecule has 0 spiro atoms. The fourth-order valence-corrected chi connectivity index (χ4v) is 4.34. The summed E-state index contributed by atoms with van der Waals surface area (Å²) in [6, 6.07) is 7.65. The van der Waals surface area contributed by atoms with Gasteiger partial charge in [-0.25, -0.2) is 0 Å². The average molecular weight is 448 g/mol. The number of amides is 1. The van der Waals surface area contributed by atoms with Gasteiger partial charge in [-0.1, -0.05) is 0 Å². The molecule has 11 heteroatoms. The predicted molar refractivity (Wildman–Crippen MR) is 109 cm³/mol. The fourth-order valence-electron chi connectivity index (χ4n) is 4.34. The van der Waals surface area contributed by atoms with Gasteiger partial charge in [0.05, 0.1) is 18.0 Å². The Balaban J connectivity index is 1.51. The number of carbonyl (C=O) groups is 1. The highest BCUT2D eigenvalue weighted by atomic mass is 19.4. The molecular weight excluding hydrogens is 425 g/mol. The Hall–Kier alpha value is -3.26. The van der Waals surface area contributed by atoms with Crippen molar-refractivity contribution in [3.05, 3.63) is 36.0 Å². The number of halogens is 3. The van der Waals surface area contributed by atoms with Gasteiger partial charge in [-0.3, -0.25) is 9.48 Å². The molecule has 1 aromatic heterocycles. The summed E-state index contributed by atoms with van der Waals surface area (Å²) in [5, 5.41) is 17.1. The van der Waals surface area contributed by atoms with Crippen molar-refractivity contribution in [2.24, 2.45) is 11.7 Å². The zero-order valence-corrected chi connectivity index (χ0v) is 17.2. The molecule has 0 radical (unpaired) electrons. The number of rotatable bonds is 6. The zero-order chi connectivity index (χ0) is 22.9. The second-order valence-corrected chi connectivity index (χ2v) is 8.09. The number of anilines is 2. The predicted octanol–water partition coefficient (Wildman–Crippen LogP) is 3.56. The normalized spacial score (nSPS) is 23.8. The minimum atomic E-state index is -4.78. The summed E-state index contributed by atoms with van der Waals surface area (Å²) >= 11 is 0. The van der Waals surface area contributed by atoms with Crippen LogP contribution in [-0.2, 0) is 0 Å². The number of primary amides is 1. The van der Waals surface area contributed by atoms with Gasteiger partial charge >= 0.3 is 6.36 Å². The van der Waals surface area contributed by atoms with Crippen LogP contribution in [0.2, 0.25) is 0 Å². The first-order valence-electron chi connectivity index (χ1n) is 10.4. The van der Waals surface area contributed by atoms with Crippen molar-refractivity contribution in [3.8, 4) is 11.8 Å². The molecule has 2 aliphatic rings. The summed E-state index contributed by atoms with van der Waals surface area (Å²) in [5.41, 5.74) is 6.06. The first-order chi connectivity index (χ1) is 15.2. The molecule has 4 rings (SSSR count). The fraction of sp³-hybridized carbons (Fsp3) is 0.476. The maximum atomic E-state index is 12.3. The van der Waals surface area contributed by atoms with E-state index in [-0.39, 0.29) is 29.1 Å². The average Bonchev–Trinajstić information content (AvgIpc) is 3.11. The van der Waals surface area contributed by atoms with E-state index in [1.165, 1.54) is 24.8 Å². The third kappa shape index (κ3) is 4.80. The molecule has 1 aliphatic heterocycles. The van der Waals surface area contributed by atoms with Crippen LogP contribution in [0.25, 0.3) is 0 Å². The number of nitrogens with one attached hydrogen (secondary N) is 1. The van der Waals surface area contributed by atoms with Gasteiger partial charge in [-0.05, 0) is 63.0 Å². The van der Waals surface area contributed by atoms with Crippen LogP contribution < -0.4 is 15.8 Å². The Morgan fingerprint density at radius 3 is 2.53 bits per heavy atom. The summed E-state index contributed by atoms with van der Waals surface area (Å²) in [4.78, 5) is 14.4. The Kier molecular flexibility index (Phi) is 5.97. The van der Waals surface area contributed by atoms with E-state index >= 15 is 0 Å². The van der Waals surface area contributed by atoms with E-state index in [4.69, 9.17) is 5.73 Å². The van der Waals surface area contributed by atoms with Crippen molar-refractivity contribution in [2.75, 3.05) is 18.4 Å². The van der Waals surface area contributed by atoms with Crippen molar-refractivity contribution >= 4 is 17.4 Å². The van der Waals surface area contributed by atoms with Crippen molar-refractivity contribution in [1.29, 1.82) is 5.26 Å². The lowest BCUT2D eigenvalue weighted by molar-refractivity contribution is -0.274. The van der Waals surface area contributed by atoms with Gasteiger partial charge in [-0.15, -0.1) is 13.2 Å². The second kappa shape index (κ2) is 8.70. The number of nitrogens with two attached hydrogens (primary N) is 1. The first-order valence-corrected chi connectivity index (χ1v) is 10.4. The monoisotopic (exact) mass is 448 g/mol. The molecule has 1 amide bonds. The Bertz CT molecular complexity index is 1010. The lowest BCUT2D eigenvalue weighted by atomic mass is 9.81. The number of nitriles is 1. The van der Waals surface area contributed by atoms with Gasteiger partial charge in [0, 0.05) is 17.9 Å². The van der Waals surface area contributed by atoms with Crippen molar-refractivity contribution in [2.45, 2.75) is 44.1 Å². The highest BCUT2D eigenvalue weighted by Crippen LogP contribution is 2.38. The molecule has 1 saturated carbocycles. The molecule has 0 bridgehead atoms. The summed E-state index contributed by atoms with van der Waals surface area (Å²) in [6.07, 6.45) is 0.386. The molecule has 1 aliphatic carbocycles. The van der Waals surface area contributed by atoms with Gasteiger partial charge in [0.2, 0.25) is 0 Å². The molecule has 2 aromatic rings. The molecule has 8 nitrogen and oxygen atoms in total. The van der Waals surface area contributed by atoms with E-state index < -0.39 is 12.3 Å². The van der Waals surface area contributed by atoms with Gasteiger partial charge in [0.25, 0.3) is 5.91 Å². The van der Waals surface area contributed by atoms with Crippen molar-refractivity contribution < 1.29 is 22.7 Å². The van der Waals surface area contributed by atoms with Crippen LogP contribution in [0.5, 0.6) is 5.75 Å². The standard InChI is InChI=1S/C21H23F3N6O2/c22-21(23,24)32-16-5-2-14(3-6-16)27-20-17(19(26)31)12-30(28-20)18-7-4-15(10-13(18)11-25)29-8-1-9-29/h2-3,5-6,12-13,15,18H,1,4,7-10H2,(H2,26,31)(H,27,28)/t13-,15+,18+/m1/s1. The number of benzene rings is 1. The number of nitrogens with zero attached hydrogens (tertiary/aromatic N) is 4. The zero-order valence-electron chi connectivity index (χ0n) is 17.2. The minimum Gasteiger partial charge on any atom is -0.406 e. The van der Waals surface area contributed by atoms with Gasteiger partial charge in [0.1, 0.15) is 11.3 Å². The molecule has 32 heavy (non-hydrogen) atoms. The van der Waals surface area contributed by atoms with E-state index in [1.54, 1.807) is 4.68 Å². The quantitative estimate of drug-likeness (QED) is 0.699. The molecule has 1 saturated heterocycles. The maximum absolute atomic E-state index is 12.3. The van der Waals surface area contributed by atoms with E-state index in [0.717, 1.165) is 44.5 Å². The van der Waals surface area contributed by atoms with E-state index in [2.05, 4.69) is 26.1 Å². The van der Waals surface area contributed by atoms with E-state index in [9.17, 15) is 23.2 Å². The van der Waals surface area contributed by atoms with Crippen LogP contribution in [0.3, 0.4) is 0 Å². The highest BCUT2D eigenvalue weighted by molar-refractivity contribution is 5.98. The van der Waals surface area contributed by atoms with Crippen LogP contribution in [-0.4, -0.2) is 46.1 Å². The topological polar surface area (TPSA) is 109 Å². The molecule has 0 unspecified atom stereocenters. The summed E-state index contributed by atoms with van der Waals surface area (Å²) in [5.74, 6) is -1.12. The lowest BCUT2D eigenvalue weighted by Crippen LogP contribution is -2.48. The maximum Gasteiger partial charge on any atom is 0.573 e. The van der Waals surface area contributed by atoms with Crippen molar-refractivity contribution in [3.63, 3.8) is 0 Å². The van der Waals surface area contributed by atoms with Gasteiger partial charge < -0.3 is 20.7 Å². The highest BCUT2D eigenvalue weighted by Gasteiger charge is 2.37. The largest absolute Gasteiger partial charge is 0.573 e. The number of ether oxygens (including phenoxy) is 1. The van der Waals surface area contributed by atoms with Gasteiger partial charge in [-0.2, -0.15) is 10.4 Å². The molecule has 3 N–H and O–H groups in total. The van der Waals surface area contributed by atoms with Crippen LogP contribution in [0.1, 0.15) is 42.1 Å². The Labute approximate surface area is 182 Å². The third-order valence-corrected chi connectivity index (χ3v) is 6.05. The molecule has 3 atom stereocenters. The smallest absolute Gasteiger partial charge is 0.406 e. The van der Waals surface area contributed by atoms with Crippen LogP contribution in [0.15, 0.2) is 30.5 Å². The SMILES string of the molecule is N#C[C@H]1C[C@@H](N2CCC2)CC[C@@H]1n1cc(C(N)=O)c(Nc2ccc(OC(F)(F)F)cc2)n1. The summed E-state index contributed by atoms with van der Waals surface area (Å²) in [6.45, 7) is 2.14. The molecule has 1 aromatic carbocycles. The molecule has 2 heterocycles. The van der Waals surface area contributed by atoms with Crippen LogP contribution >= 0.6 is 0 Å². The summed E-state index contributed by atoms with van der Waals surface area (Å²) < 4.78 is 42.5. The number of alkyl halides is 3. The minimum absolute atomic E-state index is 0.141. The van der Waals surface area contributed by atoms with Crippen LogP contribution in [0, 0.1) is 17.2 Å². The lowest BCUT2D eigenvalue weighted by Gasteiger charge is -2.43. The van der Waals surface area contributed by atoms with Gasteiger partial charge in [0.15, 0.2) is 5.82 Å². The first kappa shape index (κ1) is 22.0. The van der Waals surface area contributed by atoms with E-state index in [0.29, 0.717) is 11.7 Å². The Morgan fingerprint density at radius 1 is 1.25 bits per heavy atom. The molecule has 170 valence electrons. The number of hydrogen-bond donors (Lipinski definition) is 2. The number of aromatic nitrogens is 2. The second-order valence-electron chi connectivity index (χ2n) is 8.09. The number of likely N-dealkylation sites (tertiary alicyclic amines) is 1. The molecular formula is C21H23F3N6O2. The number of hydrogen-bond acceptors (Lipinski definition) is 6.